The van der Waals surface area contributed by atoms with Crippen LogP contribution in [0.15, 0.2) is 27.4 Å². The van der Waals surface area contributed by atoms with E-state index in [1.165, 1.54) is 13.0 Å². The summed E-state index contributed by atoms with van der Waals surface area (Å²) in [6.07, 6.45) is 0.0216. The molecular formula is C11H8ClNO3. The van der Waals surface area contributed by atoms with Gasteiger partial charge in [0.05, 0.1) is 17.3 Å². The summed E-state index contributed by atoms with van der Waals surface area (Å²) in [5, 5.41) is 0.765. The lowest BCUT2D eigenvalue weighted by Gasteiger charge is -1.99. The van der Waals surface area contributed by atoms with E-state index >= 15 is 0 Å². The number of aromatic nitrogens is 1. The third-order valence-electron chi connectivity index (χ3n) is 2.03. The summed E-state index contributed by atoms with van der Waals surface area (Å²) < 4.78 is 4.91. The van der Waals surface area contributed by atoms with Gasteiger partial charge in [-0.15, -0.1) is 0 Å². The predicted octanol–water partition coefficient (Wildman–Crippen LogP) is 1.97. The maximum atomic E-state index is 11.6. The van der Waals surface area contributed by atoms with Crippen molar-refractivity contribution in [3.05, 3.63) is 39.5 Å². The highest BCUT2D eigenvalue weighted by Crippen LogP contribution is 2.15. The second-order valence-electron chi connectivity index (χ2n) is 3.44. The molecule has 0 aliphatic carbocycles. The Bertz CT molecular complexity index is 618. The highest BCUT2D eigenvalue weighted by atomic mass is 35.5. The lowest BCUT2D eigenvalue weighted by molar-refractivity contribution is -0.116. The molecule has 0 fully saturated rings. The average molecular weight is 238 g/mol. The van der Waals surface area contributed by atoms with Crippen molar-refractivity contribution in [3.63, 3.8) is 0 Å². The minimum atomic E-state index is -0.524. The fraction of sp³-hybridized carbons (Fsp3) is 0.182. The van der Waals surface area contributed by atoms with Crippen molar-refractivity contribution in [1.82, 2.24) is 4.98 Å². The van der Waals surface area contributed by atoms with Gasteiger partial charge in [0, 0.05) is 5.02 Å². The number of halogens is 1. The van der Waals surface area contributed by atoms with Gasteiger partial charge >= 0.3 is 5.63 Å². The van der Waals surface area contributed by atoms with E-state index in [1.807, 2.05) is 0 Å². The molecule has 0 saturated carbocycles. The average Bonchev–Trinajstić information content (AvgIpc) is 2.18. The number of hydrogen-bond acceptors (Lipinski definition) is 4. The SMILES string of the molecule is CC(=O)Cc1nc2ccc(Cl)cc2c(=O)o1. The Morgan fingerprint density at radius 2 is 2.25 bits per heavy atom. The number of fused-ring (bicyclic) bond motifs is 1. The smallest absolute Gasteiger partial charge is 0.346 e. The number of ketones is 1. The molecule has 16 heavy (non-hydrogen) atoms. The Morgan fingerprint density at radius 1 is 1.50 bits per heavy atom. The van der Waals surface area contributed by atoms with Gasteiger partial charge in [0.15, 0.2) is 0 Å². The summed E-state index contributed by atoms with van der Waals surface area (Å²) in [5.74, 6) is 0.0243. The van der Waals surface area contributed by atoms with Crippen LogP contribution in [0.4, 0.5) is 0 Å². The molecule has 0 bridgehead atoms. The molecule has 0 atom stereocenters. The molecule has 0 radical (unpaired) electrons. The minimum Gasteiger partial charge on any atom is -0.407 e. The zero-order chi connectivity index (χ0) is 11.7. The van der Waals surface area contributed by atoms with Crippen molar-refractivity contribution in [2.75, 3.05) is 0 Å². The maximum Gasteiger partial charge on any atom is 0.346 e. The Balaban J connectivity index is 2.64. The largest absolute Gasteiger partial charge is 0.407 e. The van der Waals surface area contributed by atoms with E-state index in [4.69, 9.17) is 16.0 Å². The Morgan fingerprint density at radius 3 is 2.94 bits per heavy atom. The molecule has 2 aromatic rings. The molecule has 0 saturated heterocycles. The van der Waals surface area contributed by atoms with E-state index in [0.29, 0.717) is 15.9 Å². The fourth-order valence-electron chi connectivity index (χ4n) is 1.38. The van der Waals surface area contributed by atoms with E-state index in [-0.39, 0.29) is 18.1 Å². The first-order valence-electron chi connectivity index (χ1n) is 4.65. The van der Waals surface area contributed by atoms with E-state index in [1.54, 1.807) is 12.1 Å². The third-order valence-corrected chi connectivity index (χ3v) is 2.27. The van der Waals surface area contributed by atoms with E-state index in [9.17, 15) is 9.59 Å². The molecule has 0 amide bonds. The summed E-state index contributed by atoms with van der Waals surface area (Å²) in [6, 6.07) is 4.75. The first kappa shape index (κ1) is 10.8. The molecule has 5 heteroatoms. The highest BCUT2D eigenvalue weighted by Gasteiger charge is 2.08. The molecule has 0 aliphatic rings. The number of rotatable bonds is 2. The van der Waals surface area contributed by atoms with Crippen LogP contribution in [-0.4, -0.2) is 10.8 Å². The molecule has 82 valence electrons. The fourth-order valence-corrected chi connectivity index (χ4v) is 1.55. The van der Waals surface area contributed by atoms with Crippen molar-refractivity contribution >= 4 is 28.3 Å². The number of nitrogens with zero attached hydrogens (tertiary/aromatic N) is 1. The number of Topliss-reactive ketones (excluding diaryl/α,β-unsaturated/α-hetero) is 1. The summed E-state index contributed by atoms with van der Waals surface area (Å²) >= 11 is 5.75. The molecule has 0 N–H and O–H groups in total. The molecule has 0 aliphatic heterocycles. The van der Waals surface area contributed by atoms with Crippen molar-refractivity contribution in [3.8, 4) is 0 Å². The van der Waals surface area contributed by atoms with Gasteiger partial charge < -0.3 is 4.42 Å². The van der Waals surface area contributed by atoms with Gasteiger partial charge in [-0.3, -0.25) is 4.79 Å². The minimum absolute atomic E-state index is 0.0216. The van der Waals surface area contributed by atoms with Gasteiger partial charge in [0.2, 0.25) is 5.89 Å². The standard InChI is InChI=1S/C11H8ClNO3/c1-6(14)4-10-13-9-3-2-7(12)5-8(9)11(15)16-10/h2-3,5H,4H2,1H3. The van der Waals surface area contributed by atoms with Crippen LogP contribution >= 0.6 is 11.6 Å². The molecular weight excluding hydrogens is 230 g/mol. The Hall–Kier alpha value is -1.68. The van der Waals surface area contributed by atoms with Crippen LogP contribution in [0.3, 0.4) is 0 Å². The number of carbonyl (C=O) groups excluding carboxylic acids is 1. The third kappa shape index (κ3) is 2.12. The molecule has 4 nitrogen and oxygen atoms in total. The highest BCUT2D eigenvalue weighted by molar-refractivity contribution is 6.31. The second kappa shape index (κ2) is 4.06. The Labute approximate surface area is 95.9 Å². The Kier molecular flexibility index (Phi) is 2.75. The summed E-state index contributed by atoms with van der Waals surface area (Å²) in [4.78, 5) is 26.5. The van der Waals surface area contributed by atoms with Crippen LogP contribution in [-0.2, 0) is 11.2 Å². The van der Waals surface area contributed by atoms with Crippen LogP contribution in [0.1, 0.15) is 12.8 Å². The summed E-state index contributed by atoms with van der Waals surface area (Å²) in [6.45, 7) is 1.41. The van der Waals surface area contributed by atoms with Crippen molar-refractivity contribution in [1.29, 1.82) is 0 Å². The lowest BCUT2D eigenvalue weighted by atomic mass is 10.2. The van der Waals surface area contributed by atoms with Gasteiger partial charge in [0.25, 0.3) is 0 Å². The first-order chi connectivity index (χ1) is 7.56. The van der Waals surface area contributed by atoms with E-state index < -0.39 is 5.63 Å². The van der Waals surface area contributed by atoms with Crippen LogP contribution < -0.4 is 5.63 Å². The normalized spacial score (nSPS) is 10.6. The lowest BCUT2D eigenvalue weighted by Crippen LogP contribution is -2.07. The van der Waals surface area contributed by atoms with Crippen LogP contribution in [0.5, 0.6) is 0 Å². The van der Waals surface area contributed by atoms with Crippen molar-refractivity contribution in [2.24, 2.45) is 0 Å². The summed E-state index contributed by atoms with van der Waals surface area (Å²) in [7, 11) is 0. The molecule has 0 unspecified atom stereocenters. The molecule has 1 heterocycles. The van der Waals surface area contributed by atoms with Gasteiger partial charge in [-0.05, 0) is 25.1 Å². The summed E-state index contributed by atoms with van der Waals surface area (Å²) in [5.41, 5.74) is -0.0411. The quantitative estimate of drug-likeness (QED) is 0.801. The van der Waals surface area contributed by atoms with E-state index in [2.05, 4.69) is 4.98 Å². The van der Waals surface area contributed by atoms with Crippen LogP contribution in [0.25, 0.3) is 10.9 Å². The number of benzene rings is 1. The van der Waals surface area contributed by atoms with Gasteiger partial charge in [0.1, 0.15) is 5.78 Å². The predicted molar refractivity (Wildman–Crippen MR) is 59.7 cm³/mol. The number of hydrogen-bond donors (Lipinski definition) is 0. The zero-order valence-electron chi connectivity index (χ0n) is 8.49. The van der Waals surface area contributed by atoms with Crippen LogP contribution in [0.2, 0.25) is 5.02 Å². The van der Waals surface area contributed by atoms with Gasteiger partial charge in [-0.1, -0.05) is 11.6 Å². The van der Waals surface area contributed by atoms with Gasteiger partial charge in [-0.2, -0.15) is 0 Å². The van der Waals surface area contributed by atoms with Crippen molar-refractivity contribution in [2.45, 2.75) is 13.3 Å². The maximum absolute atomic E-state index is 11.6. The molecule has 1 aromatic heterocycles. The molecule has 2 rings (SSSR count). The second-order valence-corrected chi connectivity index (χ2v) is 3.87. The van der Waals surface area contributed by atoms with Gasteiger partial charge in [-0.25, -0.2) is 9.78 Å². The monoisotopic (exact) mass is 237 g/mol. The molecule has 1 aromatic carbocycles. The topological polar surface area (TPSA) is 60.2 Å². The first-order valence-corrected chi connectivity index (χ1v) is 5.03. The van der Waals surface area contributed by atoms with E-state index in [0.717, 1.165) is 0 Å². The van der Waals surface area contributed by atoms with Crippen LogP contribution in [0, 0.1) is 0 Å². The van der Waals surface area contributed by atoms with Crippen molar-refractivity contribution < 1.29 is 9.21 Å². The molecule has 0 spiro atoms. The zero-order valence-corrected chi connectivity index (χ0v) is 9.25. The number of carbonyl (C=O) groups is 1.